The van der Waals surface area contributed by atoms with E-state index in [0.29, 0.717) is 18.3 Å². The van der Waals surface area contributed by atoms with E-state index >= 15 is 0 Å². The second-order valence-corrected chi connectivity index (χ2v) is 4.57. The zero-order chi connectivity index (χ0) is 14.1. The predicted octanol–water partition coefficient (Wildman–Crippen LogP) is 1.53. The number of oxazole rings is 1. The van der Waals surface area contributed by atoms with Gasteiger partial charge in [-0.15, -0.1) is 0 Å². The van der Waals surface area contributed by atoms with Crippen LogP contribution in [0, 0.1) is 6.92 Å². The molecule has 1 aliphatic rings. The molecule has 0 aliphatic carbocycles. The van der Waals surface area contributed by atoms with Gasteiger partial charge in [-0.25, -0.2) is 4.98 Å². The fourth-order valence-electron chi connectivity index (χ4n) is 1.85. The van der Waals surface area contributed by atoms with Crippen LogP contribution in [-0.2, 0) is 4.74 Å². The first-order chi connectivity index (χ1) is 9.63. The number of carbonyl (C=O) groups is 1. The van der Waals surface area contributed by atoms with E-state index in [1.54, 1.807) is 31.2 Å². The molecule has 6 nitrogen and oxygen atoms in total. The molecule has 1 saturated heterocycles. The third-order valence-corrected chi connectivity index (χ3v) is 2.92. The fourth-order valence-corrected chi connectivity index (χ4v) is 1.85. The van der Waals surface area contributed by atoms with Gasteiger partial charge < -0.3 is 19.6 Å². The molecular formula is C14H14N2O4. The lowest BCUT2D eigenvalue weighted by atomic mass is 10.1. The van der Waals surface area contributed by atoms with Gasteiger partial charge in [-0.05, 0) is 24.3 Å². The Balaban J connectivity index is 1.81. The van der Waals surface area contributed by atoms with E-state index in [1.165, 1.54) is 0 Å². The highest BCUT2D eigenvalue weighted by Crippen LogP contribution is 2.27. The number of epoxide rings is 1. The highest BCUT2D eigenvalue weighted by Gasteiger charge is 2.23. The molecule has 0 saturated carbocycles. The number of hydrogen-bond acceptors (Lipinski definition) is 5. The molecule has 6 heteroatoms. The van der Waals surface area contributed by atoms with Crippen molar-refractivity contribution in [2.45, 2.75) is 13.0 Å². The normalized spacial score (nSPS) is 16.9. The Morgan fingerprint density at radius 1 is 1.45 bits per heavy atom. The molecule has 1 aromatic heterocycles. The molecule has 1 fully saturated rings. The van der Waals surface area contributed by atoms with Crippen molar-refractivity contribution in [3.8, 4) is 17.1 Å². The fraction of sp³-hybridized carbons (Fsp3) is 0.286. The van der Waals surface area contributed by atoms with E-state index in [4.69, 9.17) is 19.6 Å². The number of benzene rings is 1. The summed E-state index contributed by atoms with van der Waals surface area (Å²) in [7, 11) is 0. The number of rotatable bonds is 5. The van der Waals surface area contributed by atoms with Crippen LogP contribution >= 0.6 is 0 Å². The topological polar surface area (TPSA) is 90.9 Å². The second-order valence-electron chi connectivity index (χ2n) is 4.57. The third-order valence-electron chi connectivity index (χ3n) is 2.92. The highest BCUT2D eigenvalue weighted by molar-refractivity contribution is 5.96. The quantitative estimate of drug-likeness (QED) is 0.835. The Morgan fingerprint density at radius 3 is 2.75 bits per heavy atom. The van der Waals surface area contributed by atoms with Gasteiger partial charge in [-0.2, -0.15) is 0 Å². The number of aryl methyl sites for hydroxylation is 1. The standard InChI is InChI=1S/C14H14N2O4/c1-8-16-12(14(15)17)13(20-8)9-2-4-10(5-3-9)18-6-11-7-19-11/h2-5,11H,6-7H2,1H3,(H2,15,17). The molecule has 20 heavy (non-hydrogen) atoms. The van der Waals surface area contributed by atoms with Crippen molar-refractivity contribution < 1.29 is 18.7 Å². The maximum Gasteiger partial charge on any atom is 0.271 e. The zero-order valence-electron chi connectivity index (χ0n) is 11.0. The molecule has 104 valence electrons. The maximum absolute atomic E-state index is 11.3. The van der Waals surface area contributed by atoms with E-state index in [2.05, 4.69) is 4.98 Å². The molecule has 2 aromatic rings. The van der Waals surface area contributed by atoms with Crippen LogP contribution in [0.3, 0.4) is 0 Å². The number of ether oxygens (including phenoxy) is 2. The van der Waals surface area contributed by atoms with Gasteiger partial charge in [0.25, 0.3) is 5.91 Å². The summed E-state index contributed by atoms with van der Waals surface area (Å²) in [5, 5.41) is 0. The van der Waals surface area contributed by atoms with Gasteiger partial charge in [-0.1, -0.05) is 0 Å². The van der Waals surface area contributed by atoms with Crippen LogP contribution in [0.4, 0.5) is 0 Å². The summed E-state index contributed by atoms with van der Waals surface area (Å²) in [5.41, 5.74) is 6.16. The van der Waals surface area contributed by atoms with Crippen molar-refractivity contribution in [3.05, 3.63) is 35.9 Å². The van der Waals surface area contributed by atoms with Crippen molar-refractivity contribution in [1.82, 2.24) is 4.98 Å². The van der Waals surface area contributed by atoms with E-state index < -0.39 is 5.91 Å². The number of aromatic nitrogens is 1. The van der Waals surface area contributed by atoms with Gasteiger partial charge in [0.2, 0.25) is 0 Å². The number of hydrogen-bond donors (Lipinski definition) is 1. The van der Waals surface area contributed by atoms with Crippen LogP contribution < -0.4 is 10.5 Å². The highest BCUT2D eigenvalue weighted by atomic mass is 16.6. The molecule has 2 N–H and O–H groups in total. The van der Waals surface area contributed by atoms with Crippen molar-refractivity contribution in [2.24, 2.45) is 5.73 Å². The predicted molar refractivity (Wildman–Crippen MR) is 70.4 cm³/mol. The zero-order valence-corrected chi connectivity index (χ0v) is 11.0. The molecule has 0 bridgehead atoms. The van der Waals surface area contributed by atoms with Crippen molar-refractivity contribution in [2.75, 3.05) is 13.2 Å². The molecule has 1 atom stereocenters. The van der Waals surface area contributed by atoms with Gasteiger partial charge in [0.15, 0.2) is 17.3 Å². The minimum atomic E-state index is -0.608. The summed E-state index contributed by atoms with van der Waals surface area (Å²) in [6, 6.07) is 7.21. The van der Waals surface area contributed by atoms with Crippen LogP contribution in [0.2, 0.25) is 0 Å². The lowest BCUT2D eigenvalue weighted by molar-refractivity contribution is 0.0996. The van der Waals surface area contributed by atoms with Gasteiger partial charge in [0.05, 0.1) is 6.61 Å². The van der Waals surface area contributed by atoms with Gasteiger partial charge in [0, 0.05) is 12.5 Å². The maximum atomic E-state index is 11.3. The lowest BCUT2D eigenvalue weighted by Gasteiger charge is -2.05. The molecule has 1 aliphatic heterocycles. The van der Waals surface area contributed by atoms with Crippen LogP contribution in [0.1, 0.15) is 16.4 Å². The minimum absolute atomic E-state index is 0.141. The average Bonchev–Trinajstić information content (AvgIpc) is 3.18. The van der Waals surface area contributed by atoms with Gasteiger partial charge in [0.1, 0.15) is 18.5 Å². The Morgan fingerprint density at radius 2 is 2.15 bits per heavy atom. The number of nitrogens with two attached hydrogens (primary N) is 1. The first-order valence-corrected chi connectivity index (χ1v) is 6.25. The van der Waals surface area contributed by atoms with Crippen LogP contribution in [0.25, 0.3) is 11.3 Å². The lowest BCUT2D eigenvalue weighted by Crippen LogP contribution is -2.12. The number of nitrogens with zero attached hydrogens (tertiary/aromatic N) is 1. The Hall–Kier alpha value is -2.34. The molecule has 1 unspecified atom stereocenters. The van der Waals surface area contributed by atoms with Crippen LogP contribution in [0.5, 0.6) is 5.75 Å². The smallest absolute Gasteiger partial charge is 0.271 e. The monoisotopic (exact) mass is 274 g/mol. The van der Waals surface area contributed by atoms with Crippen molar-refractivity contribution in [1.29, 1.82) is 0 Å². The van der Waals surface area contributed by atoms with E-state index in [1.807, 2.05) is 0 Å². The SMILES string of the molecule is Cc1nc(C(N)=O)c(-c2ccc(OCC3CO3)cc2)o1. The average molecular weight is 274 g/mol. The number of primary amides is 1. The van der Waals surface area contributed by atoms with E-state index in [9.17, 15) is 4.79 Å². The van der Waals surface area contributed by atoms with E-state index in [0.717, 1.165) is 17.9 Å². The summed E-state index contributed by atoms with van der Waals surface area (Å²) in [6.45, 7) is 2.98. The summed E-state index contributed by atoms with van der Waals surface area (Å²) in [4.78, 5) is 15.3. The number of carbonyl (C=O) groups excluding carboxylic acids is 1. The number of amides is 1. The van der Waals surface area contributed by atoms with Gasteiger partial charge >= 0.3 is 0 Å². The van der Waals surface area contributed by atoms with Crippen LogP contribution in [0.15, 0.2) is 28.7 Å². The summed E-state index contributed by atoms with van der Waals surface area (Å²) in [5.74, 6) is 0.913. The summed E-state index contributed by atoms with van der Waals surface area (Å²) in [6.07, 6.45) is 0.216. The molecule has 3 rings (SSSR count). The molecular weight excluding hydrogens is 260 g/mol. The van der Waals surface area contributed by atoms with Crippen LogP contribution in [-0.4, -0.2) is 30.2 Å². The van der Waals surface area contributed by atoms with Crippen molar-refractivity contribution >= 4 is 5.91 Å². The largest absolute Gasteiger partial charge is 0.491 e. The molecule has 0 spiro atoms. The molecule has 2 heterocycles. The molecule has 1 amide bonds. The third kappa shape index (κ3) is 2.65. The molecule has 1 aromatic carbocycles. The summed E-state index contributed by atoms with van der Waals surface area (Å²) < 4.78 is 16.0. The van der Waals surface area contributed by atoms with E-state index in [-0.39, 0.29) is 11.8 Å². The second kappa shape index (κ2) is 4.97. The summed E-state index contributed by atoms with van der Waals surface area (Å²) >= 11 is 0. The first-order valence-electron chi connectivity index (χ1n) is 6.25. The minimum Gasteiger partial charge on any atom is -0.491 e. The molecule has 0 radical (unpaired) electrons. The Labute approximate surface area is 115 Å². The Bertz CT molecular complexity index is 629. The Kier molecular flexibility index (Phi) is 3.15. The first kappa shape index (κ1) is 12.7. The van der Waals surface area contributed by atoms with Crippen molar-refractivity contribution in [3.63, 3.8) is 0 Å². The van der Waals surface area contributed by atoms with Gasteiger partial charge in [-0.3, -0.25) is 4.79 Å².